The minimum atomic E-state index is 0.632. The molecule has 0 aliphatic carbocycles. The Hall–Kier alpha value is -1.95. The Bertz CT molecular complexity index is 507. The van der Waals surface area contributed by atoms with Crippen molar-refractivity contribution >= 4 is 5.96 Å². The Balaban J connectivity index is 2.30. The number of nitrogens with zero attached hydrogens (tertiary/aromatic N) is 1. The molecule has 0 atom stereocenters. The summed E-state index contributed by atoms with van der Waals surface area (Å²) in [4.78, 5) is 4.23. The van der Waals surface area contributed by atoms with Crippen LogP contribution in [0.5, 0.6) is 11.5 Å². The first-order valence-corrected chi connectivity index (χ1v) is 9.07. The SMILES string of the molecule is CCOCCCNC(=NC)NCCCc1ccc(OC)c(OCC)c1. The predicted octanol–water partition coefficient (Wildman–Crippen LogP) is 2.62. The third-order valence-corrected chi connectivity index (χ3v) is 3.65. The van der Waals surface area contributed by atoms with Crippen molar-refractivity contribution in [3.05, 3.63) is 23.8 Å². The first-order chi connectivity index (χ1) is 12.2. The zero-order valence-electron chi connectivity index (χ0n) is 16.1. The molecular formula is C19H33N3O3. The van der Waals surface area contributed by atoms with Crippen LogP contribution < -0.4 is 20.1 Å². The van der Waals surface area contributed by atoms with Gasteiger partial charge < -0.3 is 24.8 Å². The average molecular weight is 351 g/mol. The Kier molecular flexibility index (Phi) is 11.3. The molecule has 0 bridgehead atoms. The average Bonchev–Trinajstić information content (AvgIpc) is 2.63. The van der Waals surface area contributed by atoms with Crippen LogP contribution in [-0.4, -0.2) is 53.0 Å². The number of benzene rings is 1. The van der Waals surface area contributed by atoms with Gasteiger partial charge in [-0.2, -0.15) is 0 Å². The summed E-state index contributed by atoms with van der Waals surface area (Å²) in [6.07, 6.45) is 2.95. The van der Waals surface area contributed by atoms with Crippen LogP contribution in [0.2, 0.25) is 0 Å². The number of guanidine groups is 1. The number of aliphatic imine (C=N–C) groups is 1. The highest BCUT2D eigenvalue weighted by Crippen LogP contribution is 2.28. The summed E-state index contributed by atoms with van der Waals surface area (Å²) in [6, 6.07) is 6.11. The lowest BCUT2D eigenvalue weighted by molar-refractivity contribution is 0.145. The van der Waals surface area contributed by atoms with E-state index in [4.69, 9.17) is 14.2 Å². The summed E-state index contributed by atoms with van der Waals surface area (Å²) in [7, 11) is 3.45. The van der Waals surface area contributed by atoms with E-state index in [1.54, 1.807) is 14.2 Å². The summed E-state index contributed by atoms with van der Waals surface area (Å²) in [5.41, 5.74) is 1.24. The monoisotopic (exact) mass is 351 g/mol. The molecule has 0 unspecified atom stereocenters. The zero-order valence-corrected chi connectivity index (χ0v) is 16.1. The largest absolute Gasteiger partial charge is 0.493 e. The number of hydrogen-bond donors (Lipinski definition) is 2. The minimum absolute atomic E-state index is 0.632. The molecule has 0 fully saturated rings. The van der Waals surface area contributed by atoms with Gasteiger partial charge in [0.05, 0.1) is 13.7 Å². The molecule has 0 saturated carbocycles. The smallest absolute Gasteiger partial charge is 0.190 e. The van der Waals surface area contributed by atoms with Gasteiger partial charge >= 0.3 is 0 Å². The fraction of sp³-hybridized carbons (Fsp3) is 0.632. The second kappa shape index (κ2) is 13.4. The highest BCUT2D eigenvalue weighted by atomic mass is 16.5. The molecule has 25 heavy (non-hydrogen) atoms. The zero-order chi connectivity index (χ0) is 18.3. The van der Waals surface area contributed by atoms with E-state index in [0.29, 0.717) is 6.61 Å². The maximum atomic E-state index is 5.62. The quantitative estimate of drug-likeness (QED) is 0.344. The molecule has 2 N–H and O–H groups in total. The van der Waals surface area contributed by atoms with E-state index in [1.165, 1.54) is 5.56 Å². The molecule has 0 amide bonds. The summed E-state index contributed by atoms with van der Waals surface area (Å²) in [5, 5.41) is 6.63. The van der Waals surface area contributed by atoms with E-state index < -0.39 is 0 Å². The van der Waals surface area contributed by atoms with Crippen LogP contribution in [-0.2, 0) is 11.2 Å². The highest BCUT2D eigenvalue weighted by molar-refractivity contribution is 5.79. The van der Waals surface area contributed by atoms with Crippen molar-refractivity contribution in [3.8, 4) is 11.5 Å². The standard InChI is InChI=1S/C19H33N3O3/c1-5-24-14-8-13-22-19(20-3)21-12-7-9-16-10-11-17(23-4)18(15-16)25-6-2/h10-11,15H,5-9,12-14H2,1-4H3,(H2,20,21,22). The highest BCUT2D eigenvalue weighted by Gasteiger charge is 2.05. The molecule has 1 rings (SSSR count). The molecule has 0 aliphatic heterocycles. The molecule has 6 nitrogen and oxygen atoms in total. The maximum absolute atomic E-state index is 5.62. The number of rotatable bonds is 12. The van der Waals surface area contributed by atoms with Crippen LogP contribution in [0.25, 0.3) is 0 Å². The van der Waals surface area contributed by atoms with Gasteiger partial charge in [-0.15, -0.1) is 0 Å². The van der Waals surface area contributed by atoms with Crippen molar-refractivity contribution in [1.82, 2.24) is 10.6 Å². The van der Waals surface area contributed by atoms with Crippen LogP contribution in [0.4, 0.5) is 0 Å². The molecule has 0 spiro atoms. The van der Waals surface area contributed by atoms with Crippen LogP contribution in [0.1, 0.15) is 32.3 Å². The molecular weight excluding hydrogens is 318 g/mol. The Morgan fingerprint density at radius 2 is 1.80 bits per heavy atom. The fourth-order valence-electron chi connectivity index (χ4n) is 2.39. The topological polar surface area (TPSA) is 64.1 Å². The Labute approximate surface area is 152 Å². The molecule has 6 heteroatoms. The van der Waals surface area contributed by atoms with Crippen LogP contribution >= 0.6 is 0 Å². The van der Waals surface area contributed by atoms with E-state index in [-0.39, 0.29) is 0 Å². The lowest BCUT2D eigenvalue weighted by atomic mass is 10.1. The van der Waals surface area contributed by atoms with Crippen molar-refractivity contribution < 1.29 is 14.2 Å². The van der Waals surface area contributed by atoms with Crippen molar-refractivity contribution in [2.75, 3.05) is 47.1 Å². The fourth-order valence-corrected chi connectivity index (χ4v) is 2.39. The van der Waals surface area contributed by atoms with Crippen LogP contribution in [0.3, 0.4) is 0 Å². The molecule has 0 saturated heterocycles. The van der Waals surface area contributed by atoms with E-state index in [9.17, 15) is 0 Å². The number of ether oxygens (including phenoxy) is 3. The summed E-state index contributed by atoms with van der Waals surface area (Å²) in [5.74, 6) is 2.42. The van der Waals surface area contributed by atoms with Crippen molar-refractivity contribution in [1.29, 1.82) is 0 Å². The van der Waals surface area contributed by atoms with Crippen molar-refractivity contribution in [2.24, 2.45) is 4.99 Å². The molecule has 0 aliphatic rings. The Morgan fingerprint density at radius 3 is 2.44 bits per heavy atom. The minimum Gasteiger partial charge on any atom is -0.493 e. The van der Waals surface area contributed by atoms with Gasteiger partial charge in [0.1, 0.15) is 0 Å². The second-order valence-electron chi connectivity index (χ2n) is 5.50. The molecule has 142 valence electrons. The third-order valence-electron chi connectivity index (χ3n) is 3.65. The van der Waals surface area contributed by atoms with Gasteiger partial charge in [0.25, 0.3) is 0 Å². The van der Waals surface area contributed by atoms with Gasteiger partial charge in [-0.1, -0.05) is 6.07 Å². The molecule has 1 aromatic rings. The summed E-state index contributed by atoms with van der Waals surface area (Å²) >= 11 is 0. The second-order valence-corrected chi connectivity index (χ2v) is 5.50. The summed E-state index contributed by atoms with van der Waals surface area (Å²) < 4.78 is 16.3. The number of methoxy groups -OCH3 is 1. The first-order valence-electron chi connectivity index (χ1n) is 9.07. The van der Waals surface area contributed by atoms with Crippen molar-refractivity contribution in [3.63, 3.8) is 0 Å². The maximum Gasteiger partial charge on any atom is 0.190 e. The van der Waals surface area contributed by atoms with Gasteiger partial charge in [0.15, 0.2) is 17.5 Å². The van der Waals surface area contributed by atoms with Gasteiger partial charge in [0.2, 0.25) is 0 Å². The van der Waals surface area contributed by atoms with Gasteiger partial charge in [-0.3, -0.25) is 4.99 Å². The molecule has 0 radical (unpaired) electrons. The van der Waals surface area contributed by atoms with E-state index >= 15 is 0 Å². The number of nitrogens with one attached hydrogen (secondary N) is 2. The van der Waals surface area contributed by atoms with Crippen molar-refractivity contribution in [2.45, 2.75) is 33.1 Å². The van der Waals surface area contributed by atoms with Crippen LogP contribution in [0, 0.1) is 0 Å². The van der Waals surface area contributed by atoms with E-state index in [1.807, 2.05) is 19.9 Å². The molecule has 0 heterocycles. The molecule has 0 aromatic heterocycles. The third kappa shape index (κ3) is 8.63. The number of hydrogen-bond acceptors (Lipinski definition) is 4. The molecule has 1 aromatic carbocycles. The lowest BCUT2D eigenvalue weighted by Gasteiger charge is -2.13. The number of aryl methyl sites for hydroxylation is 1. The van der Waals surface area contributed by atoms with Gasteiger partial charge in [-0.25, -0.2) is 0 Å². The van der Waals surface area contributed by atoms with Gasteiger partial charge in [0, 0.05) is 33.4 Å². The lowest BCUT2D eigenvalue weighted by Crippen LogP contribution is -2.38. The van der Waals surface area contributed by atoms with Crippen LogP contribution in [0.15, 0.2) is 23.2 Å². The Morgan fingerprint density at radius 1 is 1.04 bits per heavy atom. The predicted molar refractivity (Wildman–Crippen MR) is 103 cm³/mol. The summed E-state index contributed by atoms with van der Waals surface area (Å²) in [6.45, 7) is 7.88. The normalized spacial score (nSPS) is 11.3. The van der Waals surface area contributed by atoms with Gasteiger partial charge in [-0.05, 0) is 50.8 Å². The first kappa shape index (κ1) is 21.1. The van der Waals surface area contributed by atoms with E-state index in [0.717, 1.165) is 63.0 Å². The van der Waals surface area contributed by atoms with E-state index in [2.05, 4.69) is 27.8 Å².